The third kappa shape index (κ3) is 4.99. The molecule has 0 spiro atoms. The summed E-state index contributed by atoms with van der Waals surface area (Å²) in [6.45, 7) is 0. The smallest absolute Gasteiger partial charge is 0.143 e. The molecule has 39 heavy (non-hydrogen) atoms. The zero-order valence-electron chi connectivity index (χ0n) is 19.6. The van der Waals surface area contributed by atoms with Crippen molar-refractivity contribution in [3.8, 4) is 34.5 Å². The van der Waals surface area contributed by atoms with Crippen molar-refractivity contribution < 1.29 is 35.7 Å². The molecule has 11 heteroatoms. The van der Waals surface area contributed by atoms with E-state index in [4.69, 9.17) is 0 Å². The molecule has 4 aromatic carbocycles. The molecule has 7 N–H and O–H groups in total. The van der Waals surface area contributed by atoms with Gasteiger partial charge >= 0.3 is 0 Å². The summed E-state index contributed by atoms with van der Waals surface area (Å²) in [5.41, 5.74) is 2.43. The summed E-state index contributed by atoms with van der Waals surface area (Å²) in [4.78, 5) is 0. The lowest BCUT2D eigenvalue weighted by Gasteiger charge is -2.31. The van der Waals surface area contributed by atoms with Gasteiger partial charge in [-0.25, -0.2) is 0 Å². The van der Waals surface area contributed by atoms with Crippen molar-refractivity contribution in [2.75, 3.05) is 0 Å². The zero-order chi connectivity index (χ0) is 28.3. The van der Waals surface area contributed by atoms with E-state index >= 15 is 0 Å². The Balaban J connectivity index is 1.83. The number of aliphatic hydroxyl groups excluding tert-OH is 1. The molecule has 4 aromatic rings. The molecule has 202 valence electrons. The van der Waals surface area contributed by atoms with E-state index in [1.807, 2.05) is 0 Å². The minimum Gasteiger partial charge on any atom is -0.508 e. The fourth-order valence-corrected chi connectivity index (χ4v) is 7.96. The van der Waals surface area contributed by atoms with E-state index in [1.54, 1.807) is 24.3 Å². The minimum atomic E-state index is -1.23. The van der Waals surface area contributed by atoms with E-state index in [1.165, 1.54) is 30.3 Å². The third-order valence-corrected chi connectivity index (χ3v) is 9.44. The van der Waals surface area contributed by atoms with Crippen molar-refractivity contribution in [3.63, 3.8) is 0 Å². The first-order valence-electron chi connectivity index (χ1n) is 11.5. The molecule has 5 rings (SSSR count). The standard InChI is InChI=1S/C28H20Br4O7/c29-17-3-11(4-18(30)27(17)38)22-23(10-1-13(33)7-14(34)2-10)25(16-8-15(35)9-21(36)24(16)22)26(37)12-5-19(31)28(39)20(32)6-12/h1-9,22-23,25-26,33-39H/t22-,23-,25-,26+/m0/s1. The van der Waals surface area contributed by atoms with Crippen LogP contribution in [0.4, 0.5) is 0 Å². The van der Waals surface area contributed by atoms with Gasteiger partial charge < -0.3 is 35.7 Å². The Hall–Kier alpha value is -2.44. The predicted molar refractivity (Wildman–Crippen MR) is 159 cm³/mol. The lowest BCUT2D eigenvalue weighted by molar-refractivity contribution is 0.134. The van der Waals surface area contributed by atoms with E-state index in [2.05, 4.69) is 63.7 Å². The second kappa shape index (κ2) is 10.5. The normalized spacial score (nSPS) is 19.2. The second-order valence-electron chi connectivity index (χ2n) is 9.39. The SMILES string of the molecule is Oc1cc(O)cc([C@H]2[C@H](c3cc(Br)c(O)c(Br)c3)c3c(O)cc(O)cc3[C@@H]2[C@H](O)c2cc(Br)c(O)c(Br)c2)c1. The zero-order valence-corrected chi connectivity index (χ0v) is 26.0. The predicted octanol–water partition coefficient (Wildman–Crippen LogP) is 7.72. The molecule has 1 aliphatic rings. The van der Waals surface area contributed by atoms with Gasteiger partial charge in [-0.05, 0) is 128 Å². The quantitative estimate of drug-likeness (QED) is 0.112. The number of hydrogen-bond donors (Lipinski definition) is 7. The van der Waals surface area contributed by atoms with Crippen LogP contribution >= 0.6 is 63.7 Å². The molecule has 0 aromatic heterocycles. The minimum absolute atomic E-state index is 0.0196. The Labute approximate surface area is 256 Å². The number of aromatic hydroxyl groups is 6. The number of fused-ring (bicyclic) bond motifs is 1. The molecule has 0 fully saturated rings. The van der Waals surface area contributed by atoms with E-state index < -0.39 is 23.9 Å². The molecule has 1 aliphatic carbocycles. The summed E-state index contributed by atoms with van der Waals surface area (Å²) < 4.78 is 1.47. The summed E-state index contributed by atoms with van der Waals surface area (Å²) in [6.07, 6.45) is -1.23. The van der Waals surface area contributed by atoms with Crippen molar-refractivity contribution >= 4 is 63.7 Å². The van der Waals surface area contributed by atoms with E-state index in [0.29, 0.717) is 45.7 Å². The largest absolute Gasteiger partial charge is 0.508 e. The van der Waals surface area contributed by atoms with Gasteiger partial charge in [-0.3, -0.25) is 0 Å². The van der Waals surface area contributed by atoms with Crippen LogP contribution < -0.4 is 0 Å². The Morgan fingerprint density at radius 2 is 1.05 bits per heavy atom. The van der Waals surface area contributed by atoms with Crippen molar-refractivity contribution in [1.82, 2.24) is 0 Å². The Morgan fingerprint density at radius 1 is 0.564 bits per heavy atom. The Morgan fingerprint density at radius 3 is 1.59 bits per heavy atom. The second-order valence-corrected chi connectivity index (χ2v) is 12.8. The summed E-state index contributed by atoms with van der Waals surface area (Å²) in [5, 5.41) is 74.9. The van der Waals surface area contributed by atoms with Crippen LogP contribution in [-0.2, 0) is 0 Å². The maximum absolute atomic E-state index is 11.9. The van der Waals surface area contributed by atoms with Crippen molar-refractivity contribution in [2.45, 2.75) is 23.9 Å². The van der Waals surface area contributed by atoms with Gasteiger partial charge in [0.05, 0.1) is 24.0 Å². The summed E-state index contributed by atoms with van der Waals surface area (Å²) in [5.74, 6) is -3.00. The van der Waals surface area contributed by atoms with E-state index in [0.717, 1.165) is 0 Å². The average molecular weight is 788 g/mol. The first-order chi connectivity index (χ1) is 18.4. The van der Waals surface area contributed by atoms with Crippen LogP contribution in [0.15, 0.2) is 72.5 Å². The van der Waals surface area contributed by atoms with Gasteiger partial charge in [-0.2, -0.15) is 0 Å². The summed E-state index contributed by atoms with van der Waals surface area (Å²) in [6, 6.07) is 13.4. The van der Waals surface area contributed by atoms with Crippen LogP contribution in [0.2, 0.25) is 0 Å². The molecule has 0 heterocycles. The van der Waals surface area contributed by atoms with Gasteiger partial charge in [-0.1, -0.05) is 0 Å². The monoisotopic (exact) mass is 784 g/mol. The number of phenols is 6. The lowest BCUT2D eigenvalue weighted by Crippen LogP contribution is -2.18. The van der Waals surface area contributed by atoms with E-state index in [9.17, 15) is 35.7 Å². The number of hydrogen-bond acceptors (Lipinski definition) is 7. The van der Waals surface area contributed by atoms with E-state index in [-0.39, 0.29) is 34.5 Å². The molecule has 0 saturated carbocycles. The third-order valence-electron chi connectivity index (χ3n) is 7.02. The van der Waals surface area contributed by atoms with Gasteiger partial charge in [0.2, 0.25) is 0 Å². The molecule has 0 aliphatic heterocycles. The Kier molecular flexibility index (Phi) is 7.58. The fraction of sp³-hybridized carbons (Fsp3) is 0.143. The molecule has 7 nitrogen and oxygen atoms in total. The highest BCUT2D eigenvalue weighted by molar-refractivity contribution is 9.11. The first kappa shape index (κ1) is 28.1. The lowest BCUT2D eigenvalue weighted by atomic mass is 9.75. The van der Waals surface area contributed by atoms with Crippen LogP contribution in [-0.4, -0.2) is 35.7 Å². The van der Waals surface area contributed by atoms with Crippen molar-refractivity contribution in [1.29, 1.82) is 0 Å². The molecular weight excluding hydrogens is 768 g/mol. The fourth-order valence-electron chi connectivity index (χ4n) is 5.52. The molecular formula is C28H20Br4O7. The van der Waals surface area contributed by atoms with Crippen LogP contribution in [0.25, 0.3) is 0 Å². The highest BCUT2D eigenvalue weighted by Gasteiger charge is 2.48. The maximum atomic E-state index is 11.9. The Bertz CT molecular complexity index is 1560. The van der Waals surface area contributed by atoms with Crippen LogP contribution in [0.5, 0.6) is 34.5 Å². The maximum Gasteiger partial charge on any atom is 0.143 e. The van der Waals surface area contributed by atoms with Crippen LogP contribution in [0.1, 0.15) is 51.7 Å². The number of benzene rings is 4. The van der Waals surface area contributed by atoms with Crippen molar-refractivity contribution in [2.24, 2.45) is 0 Å². The molecule has 0 unspecified atom stereocenters. The van der Waals surface area contributed by atoms with Crippen LogP contribution in [0.3, 0.4) is 0 Å². The molecule has 0 saturated heterocycles. The first-order valence-corrected chi connectivity index (χ1v) is 14.7. The number of phenolic OH excluding ortho intramolecular Hbond substituents is 6. The average Bonchev–Trinajstić information content (AvgIpc) is 3.19. The summed E-state index contributed by atoms with van der Waals surface area (Å²) >= 11 is 13.4. The van der Waals surface area contributed by atoms with Gasteiger partial charge in [0.15, 0.2) is 0 Å². The topological polar surface area (TPSA) is 142 Å². The van der Waals surface area contributed by atoms with Gasteiger partial charge in [0, 0.05) is 35.4 Å². The highest BCUT2D eigenvalue weighted by atomic mass is 79.9. The van der Waals surface area contributed by atoms with Crippen molar-refractivity contribution in [3.05, 3.63) is 100 Å². The molecule has 0 bridgehead atoms. The molecule has 0 amide bonds. The summed E-state index contributed by atoms with van der Waals surface area (Å²) in [7, 11) is 0. The number of halogens is 4. The number of rotatable bonds is 4. The van der Waals surface area contributed by atoms with Gasteiger partial charge in [-0.15, -0.1) is 0 Å². The molecule has 0 radical (unpaired) electrons. The highest BCUT2D eigenvalue weighted by Crippen LogP contribution is 2.62. The number of aliphatic hydroxyl groups is 1. The van der Waals surface area contributed by atoms with Gasteiger partial charge in [0.1, 0.15) is 34.5 Å². The van der Waals surface area contributed by atoms with Crippen LogP contribution in [0, 0.1) is 0 Å². The molecule has 4 atom stereocenters. The van der Waals surface area contributed by atoms with Gasteiger partial charge in [0.25, 0.3) is 0 Å².